The number of ether oxygens (including phenoxy) is 1. The smallest absolute Gasteiger partial charge is 0.475 e. The van der Waals surface area contributed by atoms with Gasteiger partial charge in [-0.3, -0.25) is 9.80 Å². The summed E-state index contributed by atoms with van der Waals surface area (Å²) in [6, 6.07) is 13.8. The summed E-state index contributed by atoms with van der Waals surface area (Å²) in [7, 11) is 0. The monoisotopic (exact) mass is 732 g/mol. The first-order chi connectivity index (χ1) is 24.6. The van der Waals surface area contributed by atoms with Crippen LogP contribution in [-0.2, 0) is 22.6 Å². The lowest BCUT2D eigenvalue weighted by Gasteiger charge is -2.36. The molecular weight excluding hydrogens is 673 g/mol. The van der Waals surface area contributed by atoms with Gasteiger partial charge in [-0.25, -0.2) is 9.59 Å². The van der Waals surface area contributed by atoms with Gasteiger partial charge in [0.05, 0.1) is 0 Å². The zero-order valence-corrected chi connectivity index (χ0v) is 31.7. The van der Waals surface area contributed by atoms with Gasteiger partial charge in [-0.15, -0.1) is 0 Å². The molecule has 2 aromatic rings. The first-order valence-electron chi connectivity index (χ1n) is 18.7. The fraction of sp³-hybridized carbons (Fsp3) is 0.641. The molecule has 1 amide bonds. The second-order valence-electron chi connectivity index (χ2n) is 15.2. The maximum atomic E-state index is 12.2. The summed E-state index contributed by atoms with van der Waals surface area (Å²) >= 11 is 0. The summed E-state index contributed by atoms with van der Waals surface area (Å²) in [4.78, 5) is 33.1. The Morgan fingerprint density at radius 3 is 1.48 bits per heavy atom. The first kappa shape index (κ1) is 41.2. The number of aliphatic carboxylic acids is 1. The number of carboxylic acid groups (broad SMARTS) is 1. The lowest BCUT2D eigenvalue weighted by molar-refractivity contribution is -0.192. The lowest BCUT2D eigenvalue weighted by atomic mass is 10.1. The van der Waals surface area contributed by atoms with Crippen LogP contribution in [0.3, 0.4) is 0 Å². The van der Waals surface area contributed by atoms with Gasteiger partial charge in [0.25, 0.3) is 0 Å². The van der Waals surface area contributed by atoms with E-state index in [0.717, 1.165) is 52.4 Å². The van der Waals surface area contributed by atoms with Gasteiger partial charge in [0.15, 0.2) is 0 Å². The third-order valence-electron chi connectivity index (χ3n) is 9.63. The molecule has 10 nitrogen and oxygen atoms in total. The second kappa shape index (κ2) is 19.0. The number of nitrogens with one attached hydrogen (secondary N) is 1. The van der Waals surface area contributed by atoms with Gasteiger partial charge < -0.3 is 29.9 Å². The molecular formula is C39H59F3N6O4. The molecule has 4 fully saturated rings. The molecule has 52 heavy (non-hydrogen) atoms. The number of halogens is 3. The summed E-state index contributed by atoms with van der Waals surface area (Å²) in [5.41, 5.74) is 8.06. The number of carbonyl (C=O) groups excluding carboxylic acids is 1. The number of hydrogen-bond acceptors (Lipinski definition) is 8. The van der Waals surface area contributed by atoms with E-state index in [0.29, 0.717) is 0 Å². The van der Waals surface area contributed by atoms with Crippen molar-refractivity contribution in [3.8, 4) is 0 Å². The highest BCUT2D eigenvalue weighted by molar-refractivity contribution is 5.73. The van der Waals surface area contributed by atoms with E-state index in [4.69, 9.17) is 14.6 Å². The summed E-state index contributed by atoms with van der Waals surface area (Å²) in [5, 5.41) is 10.6. The molecule has 0 aliphatic carbocycles. The Morgan fingerprint density at radius 2 is 1.10 bits per heavy atom. The molecule has 2 aromatic carbocycles. The van der Waals surface area contributed by atoms with Crippen molar-refractivity contribution in [2.24, 2.45) is 0 Å². The number of amides is 1. The van der Waals surface area contributed by atoms with Crippen molar-refractivity contribution in [1.82, 2.24) is 20.0 Å². The minimum atomic E-state index is -5.08. The van der Waals surface area contributed by atoms with Crippen molar-refractivity contribution in [2.45, 2.75) is 85.2 Å². The topological polar surface area (TPSA) is 91.8 Å². The Kier molecular flexibility index (Phi) is 15.0. The largest absolute Gasteiger partial charge is 0.490 e. The van der Waals surface area contributed by atoms with E-state index >= 15 is 0 Å². The van der Waals surface area contributed by atoms with Crippen LogP contribution in [0, 0.1) is 13.8 Å². The van der Waals surface area contributed by atoms with Gasteiger partial charge >= 0.3 is 18.2 Å². The van der Waals surface area contributed by atoms with Crippen molar-refractivity contribution in [2.75, 3.05) is 88.3 Å². The summed E-state index contributed by atoms with van der Waals surface area (Å²) in [6.45, 7) is 24.9. The maximum absolute atomic E-state index is 12.2. The molecule has 0 saturated carbocycles. The van der Waals surface area contributed by atoms with Gasteiger partial charge in [0, 0.05) is 103 Å². The molecule has 4 saturated heterocycles. The number of nitrogens with zero attached hydrogens (tertiary/aromatic N) is 5. The van der Waals surface area contributed by atoms with Gasteiger partial charge in [-0.05, 0) is 83.6 Å². The van der Waals surface area contributed by atoms with Gasteiger partial charge in [0.1, 0.15) is 5.60 Å². The molecule has 0 spiro atoms. The molecule has 6 rings (SSSR count). The summed E-state index contributed by atoms with van der Waals surface area (Å²) in [6.07, 6.45) is 0.0107. The molecule has 0 unspecified atom stereocenters. The van der Waals surface area contributed by atoms with E-state index in [1.165, 1.54) is 98.6 Å². The zero-order valence-electron chi connectivity index (χ0n) is 31.7. The van der Waals surface area contributed by atoms with E-state index in [-0.39, 0.29) is 6.09 Å². The number of carboxylic acids is 1. The SMILES string of the molecule is Cc1ccc(N2CCCC2)c(CN2CCN(C(=O)OC(C)(C)C)CC2)c1.Cc1ccc(N2CCCC2)c(CN2CCNCC2)c1.O=C(O)C(F)(F)F. The number of aryl methyl sites for hydroxylation is 2. The molecule has 2 N–H and O–H groups in total. The average molecular weight is 733 g/mol. The van der Waals surface area contributed by atoms with E-state index in [2.05, 4.69) is 75.2 Å². The van der Waals surface area contributed by atoms with Crippen molar-refractivity contribution < 1.29 is 32.6 Å². The van der Waals surface area contributed by atoms with Crippen LogP contribution in [0.5, 0.6) is 0 Å². The Labute approximate surface area is 307 Å². The van der Waals surface area contributed by atoms with Crippen LogP contribution in [0.2, 0.25) is 0 Å². The van der Waals surface area contributed by atoms with Crippen LogP contribution in [0.1, 0.15) is 68.7 Å². The molecule has 0 aromatic heterocycles. The number of alkyl halides is 3. The number of hydrogen-bond donors (Lipinski definition) is 2. The number of benzene rings is 2. The molecule has 4 aliphatic heterocycles. The predicted molar refractivity (Wildman–Crippen MR) is 200 cm³/mol. The van der Waals surface area contributed by atoms with Gasteiger partial charge in [-0.2, -0.15) is 13.2 Å². The third kappa shape index (κ3) is 13.1. The van der Waals surface area contributed by atoms with Crippen LogP contribution >= 0.6 is 0 Å². The molecule has 0 bridgehead atoms. The molecule has 0 atom stereocenters. The van der Waals surface area contributed by atoms with Crippen LogP contribution < -0.4 is 15.1 Å². The van der Waals surface area contributed by atoms with E-state index in [1.807, 2.05) is 25.7 Å². The number of anilines is 2. The minimum absolute atomic E-state index is 0.189. The van der Waals surface area contributed by atoms with Crippen molar-refractivity contribution in [3.63, 3.8) is 0 Å². The highest BCUT2D eigenvalue weighted by Gasteiger charge is 2.38. The number of carbonyl (C=O) groups is 2. The molecule has 4 heterocycles. The Balaban J connectivity index is 0.000000203. The molecule has 0 radical (unpaired) electrons. The molecule has 290 valence electrons. The third-order valence-corrected chi connectivity index (χ3v) is 9.63. The maximum Gasteiger partial charge on any atom is 0.490 e. The minimum Gasteiger partial charge on any atom is -0.475 e. The quantitative estimate of drug-likeness (QED) is 0.356. The fourth-order valence-electron chi connectivity index (χ4n) is 6.98. The van der Waals surface area contributed by atoms with Gasteiger partial charge in [-0.1, -0.05) is 35.4 Å². The van der Waals surface area contributed by atoms with E-state index < -0.39 is 17.7 Å². The number of piperazine rings is 2. The Morgan fingerprint density at radius 1 is 0.692 bits per heavy atom. The number of rotatable bonds is 6. The van der Waals surface area contributed by atoms with Gasteiger partial charge in [0.2, 0.25) is 0 Å². The van der Waals surface area contributed by atoms with Crippen LogP contribution in [0.25, 0.3) is 0 Å². The van der Waals surface area contributed by atoms with Crippen molar-refractivity contribution >= 4 is 23.4 Å². The standard InChI is InChI=1S/C21H33N3O2.C16H25N3.C2HF3O2/c1-17-7-8-19(23-9-5-6-10-23)18(15-17)16-22-11-13-24(14-12-22)20(25)26-21(2,3)4;1-14-4-5-16(19-8-2-3-9-19)15(12-14)13-18-10-6-17-7-11-18;3-2(4,5)1(6)7/h7-8,15H,5-6,9-14,16H2,1-4H3;4-5,12,17H,2-3,6-11,13H2,1H3;(H,6,7). The highest BCUT2D eigenvalue weighted by atomic mass is 19.4. The fourth-order valence-corrected chi connectivity index (χ4v) is 6.98. The van der Waals surface area contributed by atoms with Crippen molar-refractivity contribution in [3.05, 3.63) is 58.7 Å². The normalized spacial score (nSPS) is 18.7. The van der Waals surface area contributed by atoms with Crippen molar-refractivity contribution in [1.29, 1.82) is 0 Å². The first-order valence-corrected chi connectivity index (χ1v) is 18.7. The molecule has 4 aliphatic rings. The molecule has 13 heteroatoms. The van der Waals surface area contributed by atoms with Crippen LogP contribution in [-0.4, -0.2) is 122 Å². The summed E-state index contributed by atoms with van der Waals surface area (Å²) < 4.78 is 37.2. The Hall–Kier alpha value is -3.55. The van der Waals surface area contributed by atoms with Crippen LogP contribution in [0.15, 0.2) is 36.4 Å². The average Bonchev–Trinajstić information content (AvgIpc) is 3.81. The predicted octanol–water partition coefficient (Wildman–Crippen LogP) is 6.28. The highest BCUT2D eigenvalue weighted by Crippen LogP contribution is 2.28. The second-order valence-corrected chi connectivity index (χ2v) is 15.2. The van der Waals surface area contributed by atoms with E-state index in [9.17, 15) is 18.0 Å². The Bertz CT molecular complexity index is 1440. The summed E-state index contributed by atoms with van der Waals surface area (Å²) in [5.74, 6) is -2.76. The lowest BCUT2D eigenvalue weighted by Crippen LogP contribution is -2.49. The van der Waals surface area contributed by atoms with E-state index in [1.54, 1.807) is 0 Å². The van der Waals surface area contributed by atoms with Crippen LogP contribution in [0.4, 0.5) is 29.3 Å². The zero-order chi connectivity index (χ0) is 37.9.